The number of anilines is 1. The van der Waals surface area contributed by atoms with E-state index in [-0.39, 0.29) is 35.2 Å². The maximum atomic E-state index is 13.3. The van der Waals surface area contributed by atoms with Crippen LogP contribution in [0.3, 0.4) is 0 Å². The Bertz CT molecular complexity index is 1540. The molecule has 2 aromatic heterocycles. The Morgan fingerprint density at radius 1 is 1.07 bits per heavy atom. The smallest absolute Gasteiger partial charge is 0.433 e. The van der Waals surface area contributed by atoms with E-state index in [1.807, 2.05) is 24.3 Å². The molecule has 0 radical (unpaired) electrons. The van der Waals surface area contributed by atoms with Crippen molar-refractivity contribution >= 4 is 22.5 Å². The van der Waals surface area contributed by atoms with Crippen molar-refractivity contribution in [3.63, 3.8) is 0 Å². The Morgan fingerprint density at radius 2 is 1.78 bits per heavy atom. The van der Waals surface area contributed by atoms with Crippen LogP contribution in [0, 0.1) is 0 Å². The lowest BCUT2D eigenvalue weighted by atomic mass is 10.1. The summed E-state index contributed by atoms with van der Waals surface area (Å²) in [5.74, 6) is -0.129. The molecule has 0 bridgehead atoms. The number of ether oxygens (including phenoxy) is 1. The fourth-order valence-corrected chi connectivity index (χ4v) is 4.77. The van der Waals surface area contributed by atoms with Gasteiger partial charge in [-0.3, -0.25) is 4.79 Å². The van der Waals surface area contributed by atoms with Gasteiger partial charge in [-0.1, -0.05) is 12.1 Å². The topological polar surface area (TPSA) is 110 Å². The molecule has 0 spiro atoms. The first-order valence-corrected chi connectivity index (χ1v) is 13.2. The molecule has 3 N–H and O–H groups in total. The van der Waals surface area contributed by atoms with Crippen LogP contribution in [-0.2, 0) is 12.7 Å². The van der Waals surface area contributed by atoms with Crippen LogP contribution in [0.1, 0.15) is 40.5 Å². The first-order chi connectivity index (χ1) is 19.5. The van der Waals surface area contributed by atoms with Crippen molar-refractivity contribution in [2.24, 2.45) is 5.73 Å². The molecule has 1 fully saturated rings. The number of fused-ring (bicyclic) bond motifs is 1. The SMILES string of the molecule is COc1ccc(-c2nc(C(=O)NCc3ccc(N4CCN(C)CC4)cc3)c([C@H](C)N)o2)c2ccc(C(F)(F)F)nc12. The lowest BCUT2D eigenvalue weighted by Crippen LogP contribution is -2.44. The number of rotatable bonds is 7. The van der Waals surface area contributed by atoms with Gasteiger partial charge in [0.15, 0.2) is 11.5 Å². The molecule has 0 aliphatic carbocycles. The number of aromatic nitrogens is 2. The number of likely N-dealkylation sites (N-methyl/N-ethyl adjacent to an activating group) is 1. The Labute approximate surface area is 235 Å². The summed E-state index contributed by atoms with van der Waals surface area (Å²) >= 11 is 0. The molecule has 1 aliphatic rings. The van der Waals surface area contributed by atoms with Crippen LogP contribution < -0.4 is 20.7 Å². The summed E-state index contributed by atoms with van der Waals surface area (Å²) in [6.07, 6.45) is -4.63. The van der Waals surface area contributed by atoms with Crippen LogP contribution in [0.2, 0.25) is 0 Å². The Balaban J connectivity index is 1.38. The van der Waals surface area contributed by atoms with Gasteiger partial charge in [0.2, 0.25) is 5.89 Å². The minimum atomic E-state index is -4.63. The Hall–Kier alpha value is -4.16. The molecule has 0 unspecified atom stereocenters. The Kier molecular flexibility index (Phi) is 7.87. The molecule has 41 heavy (non-hydrogen) atoms. The quantitative estimate of drug-likeness (QED) is 0.333. The van der Waals surface area contributed by atoms with Gasteiger partial charge in [0.25, 0.3) is 5.91 Å². The zero-order valence-electron chi connectivity index (χ0n) is 23.0. The maximum Gasteiger partial charge on any atom is 0.433 e. The van der Waals surface area contributed by atoms with Crippen molar-refractivity contribution in [3.8, 4) is 17.2 Å². The van der Waals surface area contributed by atoms with Crippen molar-refractivity contribution in [2.75, 3.05) is 45.2 Å². The predicted octanol–water partition coefficient (Wildman–Crippen LogP) is 4.62. The number of oxazole rings is 1. The van der Waals surface area contributed by atoms with Crippen molar-refractivity contribution in [2.45, 2.75) is 25.7 Å². The van der Waals surface area contributed by atoms with Crippen molar-refractivity contribution in [1.29, 1.82) is 0 Å². The molecular formula is C29H31F3N6O3. The third-order valence-corrected chi connectivity index (χ3v) is 7.10. The summed E-state index contributed by atoms with van der Waals surface area (Å²) in [6.45, 7) is 5.86. The first kappa shape index (κ1) is 28.4. The number of carbonyl (C=O) groups is 1. The molecule has 9 nitrogen and oxygen atoms in total. The monoisotopic (exact) mass is 568 g/mol. The van der Waals surface area contributed by atoms with Gasteiger partial charge in [-0.25, -0.2) is 9.97 Å². The number of amides is 1. The predicted molar refractivity (Wildman–Crippen MR) is 149 cm³/mol. The first-order valence-electron chi connectivity index (χ1n) is 13.2. The number of hydrogen-bond acceptors (Lipinski definition) is 8. The second-order valence-electron chi connectivity index (χ2n) is 10.1. The van der Waals surface area contributed by atoms with E-state index in [0.29, 0.717) is 10.9 Å². The summed E-state index contributed by atoms with van der Waals surface area (Å²) in [5, 5.41) is 3.19. The zero-order chi connectivity index (χ0) is 29.3. The van der Waals surface area contributed by atoms with Gasteiger partial charge < -0.3 is 30.0 Å². The number of carbonyl (C=O) groups excluding carboxylic acids is 1. The van der Waals surface area contributed by atoms with E-state index in [0.717, 1.165) is 43.5 Å². The van der Waals surface area contributed by atoms with E-state index in [2.05, 4.69) is 32.1 Å². The van der Waals surface area contributed by atoms with Gasteiger partial charge in [0, 0.05) is 49.4 Å². The molecule has 1 aliphatic heterocycles. The molecule has 12 heteroatoms. The number of benzene rings is 2. The van der Waals surface area contributed by atoms with Gasteiger partial charge in [0.1, 0.15) is 17.0 Å². The second kappa shape index (κ2) is 11.4. The van der Waals surface area contributed by atoms with E-state index in [1.165, 1.54) is 19.2 Å². The molecule has 3 heterocycles. The molecule has 1 atom stereocenters. The van der Waals surface area contributed by atoms with Gasteiger partial charge in [-0.15, -0.1) is 0 Å². The normalized spacial score (nSPS) is 15.2. The largest absolute Gasteiger partial charge is 0.494 e. The number of pyridine rings is 1. The summed E-state index contributed by atoms with van der Waals surface area (Å²) in [7, 11) is 3.46. The van der Waals surface area contributed by atoms with Crippen LogP contribution in [0.5, 0.6) is 5.75 Å². The van der Waals surface area contributed by atoms with Gasteiger partial charge >= 0.3 is 6.18 Å². The molecule has 1 amide bonds. The fourth-order valence-electron chi connectivity index (χ4n) is 4.77. The minimum Gasteiger partial charge on any atom is -0.494 e. The fraction of sp³-hybridized carbons (Fsp3) is 0.345. The van der Waals surface area contributed by atoms with Crippen molar-refractivity contribution < 1.29 is 27.1 Å². The number of nitrogens with zero attached hydrogens (tertiary/aromatic N) is 4. The molecule has 1 saturated heterocycles. The lowest BCUT2D eigenvalue weighted by Gasteiger charge is -2.34. The highest BCUT2D eigenvalue weighted by Gasteiger charge is 2.33. The molecule has 0 saturated carbocycles. The van der Waals surface area contributed by atoms with E-state index >= 15 is 0 Å². The standard InChI is InChI=1S/C29H31F3N6O3/c1-17(33)26-25(27(39)34-16-18-4-6-19(7-5-18)38-14-12-37(2)13-15-38)36-28(41-26)21-8-10-22(40-3)24-20(21)9-11-23(35-24)29(30,31)32/h4-11,17H,12-16,33H2,1-3H3,(H,34,39)/t17-/m0/s1. The third kappa shape index (κ3) is 5.98. The summed E-state index contributed by atoms with van der Waals surface area (Å²) < 4.78 is 51.1. The second-order valence-corrected chi connectivity index (χ2v) is 10.1. The molecular weight excluding hydrogens is 537 g/mol. The van der Waals surface area contributed by atoms with Crippen LogP contribution in [-0.4, -0.2) is 61.1 Å². The van der Waals surface area contributed by atoms with Crippen molar-refractivity contribution in [1.82, 2.24) is 20.2 Å². The van der Waals surface area contributed by atoms with E-state index < -0.39 is 23.8 Å². The average Bonchev–Trinajstić information content (AvgIpc) is 3.41. The van der Waals surface area contributed by atoms with Crippen LogP contribution in [0.15, 0.2) is 52.9 Å². The Morgan fingerprint density at radius 3 is 2.41 bits per heavy atom. The third-order valence-electron chi connectivity index (χ3n) is 7.10. The number of piperazine rings is 1. The minimum absolute atomic E-state index is 0.00731. The average molecular weight is 569 g/mol. The number of halogens is 3. The summed E-state index contributed by atoms with van der Waals surface area (Å²) in [5.41, 5.74) is 7.44. The molecule has 2 aromatic carbocycles. The highest BCUT2D eigenvalue weighted by Crippen LogP contribution is 2.37. The van der Waals surface area contributed by atoms with E-state index in [9.17, 15) is 18.0 Å². The summed E-state index contributed by atoms with van der Waals surface area (Å²) in [4.78, 5) is 26.0. The number of alkyl halides is 3. The number of nitrogens with two attached hydrogens (primary N) is 1. The molecule has 216 valence electrons. The number of nitrogens with one attached hydrogen (secondary N) is 1. The van der Waals surface area contributed by atoms with Gasteiger partial charge in [-0.2, -0.15) is 13.2 Å². The number of hydrogen-bond donors (Lipinski definition) is 2. The van der Waals surface area contributed by atoms with Crippen LogP contribution >= 0.6 is 0 Å². The van der Waals surface area contributed by atoms with E-state index in [1.54, 1.807) is 13.0 Å². The maximum absolute atomic E-state index is 13.3. The number of methoxy groups -OCH3 is 1. The highest BCUT2D eigenvalue weighted by atomic mass is 19.4. The molecule has 4 aromatic rings. The van der Waals surface area contributed by atoms with Crippen molar-refractivity contribution in [3.05, 3.63) is 71.2 Å². The summed E-state index contributed by atoms with van der Waals surface area (Å²) in [6, 6.07) is 12.6. The molecule has 5 rings (SSSR count). The van der Waals surface area contributed by atoms with E-state index in [4.69, 9.17) is 14.9 Å². The lowest BCUT2D eigenvalue weighted by molar-refractivity contribution is -0.140. The highest BCUT2D eigenvalue weighted by molar-refractivity contribution is 5.98. The zero-order valence-corrected chi connectivity index (χ0v) is 23.0. The van der Waals surface area contributed by atoms with Crippen LogP contribution in [0.25, 0.3) is 22.4 Å². The van der Waals surface area contributed by atoms with Gasteiger partial charge in [0.05, 0.1) is 13.2 Å². The van der Waals surface area contributed by atoms with Gasteiger partial charge in [-0.05, 0) is 55.9 Å². The van der Waals surface area contributed by atoms with Crippen LogP contribution in [0.4, 0.5) is 18.9 Å².